The maximum atomic E-state index is 12.6. The first-order valence-electron chi connectivity index (χ1n) is 17.3. The number of amides is 1. The lowest BCUT2D eigenvalue weighted by molar-refractivity contribution is -0.255. The van der Waals surface area contributed by atoms with E-state index in [9.17, 15) is 9.36 Å². The third-order valence-electron chi connectivity index (χ3n) is 12.8. The fourth-order valence-corrected chi connectivity index (χ4v) is 10.8. The van der Waals surface area contributed by atoms with Gasteiger partial charge in [0.05, 0.1) is 19.3 Å². The van der Waals surface area contributed by atoms with Crippen molar-refractivity contribution in [3.63, 3.8) is 0 Å². The molecule has 5 fully saturated rings. The van der Waals surface area contributed by atoms with Crippen LogP contribution in [0.15, 0.2) is 11.6 Å². The van der Waals surface area contributed by atoms with Crippen molar-refractivity contribution in [2.75, 3.05) is 26.4 Å². The van der Waals surface area contributed by atoms with E-state index in [-0.39, 0.29) is 23.4 Å². The number of hydrogen-bond acceptors (Lipinski definition) is 6. The first-order chi connectivity index (χ1) is 20.4. The molecule has 2 saturated heterocycles. The summed E-state index contributed by atoms with van der Waals surface area (Å²) in [5, 5.41) is 2.93. The second kappa shape index (κ2) is 12.4. The molecule has 0 radical (unpaired) electrons. The van der Waals surface area contributed by atoms with Crippen molar-refractivity contribution in [2.24, 2.45) is 40.4 Å². The van der Waals surface area contributed by atoms with E-state index in [1.54, 1.807) is 0 Å². The summed E-state index contributed by atoms with van der Waals surface area (Å²) >= 11 is 0. The molecule has 1 amide bonds. The number of unbranched alkanes of at least 4 members (excludes halogenated alkanes) is 3. The van der Waals surface area contributed by atoms with Crippen molar-refractivity contribution in [1.29, 1.82) is 0 Å². The Morgan fingerprint density at radius 3 is 2.67 bits per heavy atom. The van der Waals surface area contributed by atoms with Gasteiger partial charge in [0.1, 0.15) is 6.10 Å². The largest absolute Gasteiger partial charge is 0.446 e. The Balaban J connectivity index is 0.976. The summed E-state index contributed by atoms with van der Waals surface area (Å²) in [6.45, 7) is 10.3. The quantitative estimate of drug-likeness (QED) is 0.155. The minimum absolute atomic E-state index is 0.0428. The Morgan fingerprint density at radius 1 is 1.09 bits per heavy atom. The highest BCUT2D eigenvalue weighted by Gasteiger charge is 2.66. The molecule has 8 nitrogen and oxygen atoms in total. The van der Waals surface area contributed by atoms with Gasteiger partial charge in [-0.15, -0.1) is 0 Å². The van der Waals surface area contributed by atoms with Crippen LogP contribution in [0.4, 0.5) is 4.79 Å². The molecule has 1 spiro atoms. The van der Waals surface area contributed by atoms with Crippen LogP contribution in [-0.4, -0.2) is 55.4 Å². The van der Waals surface area contributed by atoms with Gasteiger partial charge >= 0.3 is 13.7 Å². The number of allylic oxidation sites excluding steroid dienone is 1. The smallest absolute Gasteiger partial charge is 0.407 e. The van der Waals surface area contributed by atoms with Gasteiger partial charge in [0.2, 0.25) is 0 Å². The predicted molar refractivity (Wildman–Crippen MR) is 166 cm³/mol. The fraction of sp³-hybridized carbons (Fsp3) is 0.912. The summed E-state index contributed by atoms with van der Waals surface area (Å²) in [5.41, 5.74) is 2.10. The van der Waals surface area contributed by atoms with Gasteiger partial charge in [0.25, 0.3) is 0 Å². The van der Waals surface area contributed by atoms with E-state index in [2.05, 4.69) is 32.2 Å². The Kier molecular flexibility index (Phi) is 9.21. The Bertz CT molecular complexity index is 1100. The van der Waals surface area contributed by atoms with Crippen LogP contribution >= 0.6 is 7.60 Å². The summed E-state index contributed by atoms with van der Waals surface area (Å²) in [7, 11) is -3.38. The molecule has 244 valence electrons. The topological polar surface area (TPSA) is 103 Å². The summed E-state index contributed by atoms with van der Waals surface area (Å²) in [6, 6.07) is 0. The zero-order valence-corrected chi connectivity index (χ0v) is 27.9. The van der Waals surface area contributed by atoms with Crippen LogP contribution in [-0.2, 0) is 23.3 Å². The summed E-state index contributed by atoms with van der Waals surface area (Å²) in [5.74, 6) is 3.14. The number of fused-ring (bicyclic) bond motifs is 7. The van der Waals surface area contributed by atoms with Gasteiger partial charge in [-0.2, -0.15) is 0 Å². The Labute approximate surface area is 258 Å². The molecule has 2 N–H and O–H groups in total. The molecule has 0 bridgehead atoms. The molecule has 43 heavy (non-hydrogen) atoms. The van der Waals surface area contributed by atoms with Crippen molar-refractivity contribution < 1.29 is 33.0 Å². The second-order valence-electron chi connectivity index (χ2n) is 15.6. The summed E-state index contributed by atoms with van der Waals surface area (Å²) in [6.07, 6.45) is 17.2. The SMILES string of the molecule is C[C@@H]1CC[C@@]2(C[C@H]3[C@H](C[C@H]4[C@@H]5CC=C6C[C@@H](OC(=O)NCCCCCCOP(C)(=O)O)CC[C@]6(C)[C@H]5CC[C@@]43C)O2)OC1. The van der Waals surface area contributed by atoms with Crippen LogP contribution in [0, 0.1) is 40.4 Å². The van der Waals surface area contributed by atoms with Crippen LogP contribution in [0.5, 0.6) is 0 Å². The lowest BCUT2D eigenvalue weighted by atomic mass is 9.47. The molecule has 11 atom stereocenters. The third-order valence-corrected chi connectivity index (χ3v) is 13.4. The van der Waals surface area contributed by atoms with Gasteiger partial charge in [0, 0.05) is 32.5 Å². The van der Waals surface area contributed by atoms with Gasteiger partial charge in [-0.05, 0) is 98.2 Å². The molecule has 2 aliphatic heterocycles. The minimum Gasteiger partial charge on any atom is -0.446 e. The second-order valence-corrected chi connectivity index (χ2v) is 17.5. The standard InChI is InChI=1S/C34H56NO7P/c1-23-11-16-34(39-22-23)21-29-30(42-34)20-28-26-10-9-24-19-25(12-14-32(24,2)27(26)13-15-33(28,29)3)41-31(36)35-17-7-5-6-8-18-40-43(4,37)38/h9,23,25-30H,5-8,10-22H2,1-4H3,(H,35,36)(H,37,38)/t23-,25+,26-,27+,28+,29+,30+,32+,33+,34-/m1/s1. The molecule has 4 aliphatic carbocycles. The molecular formula is C34H56NO7P. The van der Waals surface area contributed by atoms with E-state index in [0.717, 1.165) is 82.7 Å². The van der Waals surface area contributed by atoms with Gasteiger partial charge in [-0.25, -0.2) is 4.79 Å². The molecule has 0 aromatic rings. The lowest BCUT2D eigenvalue weighted by Gasteiger charge is -2.58. The number of rotatable bonds is 9. The van der Waals surface area contributed by atoms with Gasteiger partial charge < -0.3 is 28.9 Å². The number of alkyl carbamates (subject to hydrolysis) is 1. The predicted octanol–water partition coefficient (Wildman–Crippen LogP) is 7.59. The van der Waals surface area contributed by atoms with Crippen molar-refractivity contribution in [1.82, 2.24) is 5.32 Å². The van der Waals surface area contributed by atoms with Gasteiger partial charge in [-0.1, -0.05) is 45.3 Å². The number of carbonyl (C=O) groups is 1. The van der Waals surface area contributed by atoms with Gasteiger partial charge in [0.15, 0.2) is 5.79 Å². The molecule has 9 heteroatoms. The van der Waals surface area contributed by atoms with Crippen LogP contribution in [0.3, 0.4) is 0 Å². The van der Waals surface area contributed by atoms with Crippen molar-refractivity contribution in [3.8, 4) is 0 Å². The van der Waals surface area contributed by atoms with Gasteiger partial charge in [-0.3, -0.25) is 4.57 Å². The van der Waals surface area contributed by atoms with Crippen LogP contribution in [0.25, 0.3) is 0 Å². The van der Waals surface area contributed by atoms with E-state index < -0.39 is 7.60 Å². The molecule has 0 aromatic heterocycles. The van der Waals surface area contributed by atoms with E-state index in [4.69, 9.17) is 23.6 Å². The first kappa shape index (κ1) is 32.0. The number of hydrogen-bond donors (Lipinski definition) is 2. The highest BCUT2D eigenvalue weighted by atomic mass is 31.2. The van der Waals surface area contributed by atoms with Crippen molar-refractivity contribution in [3.05, 3.63) is 11.6 Å². The molecule has 6 rings (SSSR count). The average Bonchev–Trinajstić information content (AvgIpc) is 3.44. The highest BCUT2D eigenvalue weighted by Crippen LogP contribution is 2.69. The molecule has 1 unspecified atom stereocenters. The normalized spacial score (nSPS) is 44.9. The Morgan fingerprint density at radius 2 is 1.91 bits per heavy atom. The number of ether oxygens (including phenoxy) is 3. The molecular weight excluding hydrogens is 565 g/mol. The molecule has 3 saturated carbocycles. The summed E-state index contributed by atoms with van der Waals surface area (Å²) in [4.78, 5) is 21.7. The average molecular weight is 622 g/mol. The van der Waals surface area contributed by atoms with E-state index in [1.165, 1.54) is 37.9 Å². The maximum absolute atomic E-state index is 12.6. The van der Waals surface area contributed by atoms with Crippen LogP contribution < -0.4 is 5.32 Å². The van der Waals surface area contributed by atoms with E-state index in [0.29, 0.717) is 42.4 Å². The van der Waals surface area contributed by atoms with Crippen molar-refractivity contribution in [2.45, 2.75) is 129 Å². The fourth-order valence-electron chi connectivity index (χ4n) is 10.3. The molecule has 0 aromatic carbocycles. The minimum atomic E-state index is -3.38. The molecule has 2 heterocycles. The van der Waals surface area contributed by atoms with E-state index >= 15 is 0 Å². The maximum Gasteiger partial charge on any atom is 0.407 e. The van der Waals surface area contributed by atoms with Crippen LogP contribution in [0.2, 0.25) is 0 Å². The zero-order valence-electron chi connectivity index (χ0n) is 27.0. The van der Waals surface area contributed by atoms with E-state index in [1.807, 2.05) is 0 Å². The lowest BCUT2D eigenvalue weighted by Crippen LogP contribution is -2.51. The number of carbonyl (C=O) groups excluding carboxylic acids is 1. The molecule has 6 aliphatic rings. The summed E-state index contributed by atoms with van der Waals surface area (Å²) < 4.78 is 35.2. The zero-order chi connectivity index (χ0) is 30.5. The first-order valence-corrected chi connectivity index (χ1v) is 19.3. The van der Waals surface area contributed by atoms with Crippen LogP contribution in [0.1, 0.15) is 111 Å². The highest BCUT2D eigenvalue weighted by molar-refractivity contribution is 7.51. The monoisotopic (exact) mass is 621 g/mol. The number of nitrogens with one attached hydrogen (secondary N) is 1. The Hall–Kier alpha value is -0.920. The third kappa shape index (κ3) is 6.52. The van der Waals surface area contributed by atoms with Crippen molar-refractivity contribution >= 4 is 13.7 Å².